The van der Waals surface area contributed by atoms with E-state index in [0.29, 0.717) is 6.42 Å². The average Bonchev–Trinajstić information content (AvgIpc) is 2.25. The van der Waals surface area contributed by atoms with Crippen molar-refractivity contribution in [2.75, 3.05) is 6.26 Å². The lowest BCUT2D eigenvalue weighted by atomic mass is 10.1. The molecule has 1 rings (SSSR count). The fraction of sp³-hybridized carbons (Fsp3) is 0.500. The normalized spacial score (nSPS) is 15.7. The molecular weight excluding hydrogens is 226 g/mol. The number of sulfone groups is 1. The zero-order valence-electron chi connectivity index (χ0n) is 9.42. The van der Waals surface area contributed by atoms with Crippen LogP contribution in [-0.2, 0) is 16.3 Å². The van der Waals surface area contributed by atoms with Crippen LogP contribution < -0.4 is 11.3 Å². The van der Waals surface area contributed by atoms with Crippen LogP contribution in [0.1, 0.15) is 12.5 Å². The van der Waals surface area contributed by atoms with E-state index in [1.54, 1.807) is 19.3 Å². The number of hydrazine groups is 1. The van der Waals surface area contributed by atoms with Gasteiger partial charge in [0, 0.05) is 24.7 Å². The van der Waals surface area contributed by atoms with Crippen molar-refractivity contribution in [2.45, 2.75) is 24.6 Å². The first-order valence-corrected chi connectivity index (χ1v) is 6.94. The van der Waals surface area contributed by atoms with E-state index in [2.05, 4.69) is 10.4 Å². The van der Waals surface area contributed by atoms with Crippen molar-refractivity contribution >= 4 is 9.84 Å². The van der Waals surface area contributed by atoms with E-state index in [1.165, 1.54) is 6.26 Å². The Bertz CT molecular complexity index is 419. The molecule has 3 N–H and O–H groups in total. The Morgan fingerprint density at radius 3 is 2.69 bits per heavy atom. The highest BCUT2D eigenvalue weighted by Gasteiger charge is 2.25. The highest BCUT2D eigenvalue weighted by Crippen LogP contribution is 2.09. The van der Waals surface area contributed by atoms with E-state index in [4.69, 9.17) is 5.84 Å². The van der Waals surface area contributed by atoms with Crippen LogP contribution in [0.3, 0.4) is 0 Å². The summed E-state index contributed by atoms with van der Waals surface area (Å²) in [5.41, 5.74) is 3.51. The van der Waals surface area contributed by atoms with E-state index < -0.39 is 15.1 Å². The van der Waals surface area contributed by atoms with E-state index in [9.17, 15) is 8.42 Å². The Morgan fingerprint density at radius 2 is 2.25 bits per heavy atom. The third-order valence-corrected chi connectivity index (χ3v) is 4.31. The third kappa shape index (κ3) is 3.55. The molecule has 0 fully saturated rings. The molecule has 0 aliphatic carbocycles. The standard InChI is InChI=1S/C10H17N3O2S/c1-8(16(2,14)15)10(13-11)6-9-4-3-5-12-7-9/h3-5,7-8,10,13H,6,11H2,1-2H3. The molecule has 1 aromatic heterocycles. The first-order valence-electron chi connectivity index (χ1n) is 4.99. The molecule has 0 saturated heterocycles. The SMILES string of the molecule is CC(C(Cc1cccnc1)NN)S(C)(=O)=O. The summed E-state index contributed by atoms with van der Waals surface area (Å²) < 4.78 is 22.8. The minimum Gasteiger partial charge on any atom is -0.271 e. The van der Waals surface area contributed by atoms with Gasteiger partial charge in [-0.15, -0.1) is 0 Å². The van der Waals surface area contributed by atoms with Gasteiger partial charge in [0.05, 0.1) is 5.25 Å². The third-order valence-electron chi connectivity index (χ3n) is 2.63. The predicted octanol–water partition coefficient (Wildman–Crippen LogP) is -0.111. The Labute approximate surface area is 96.0 Å². The minimum atomic E-state index is -3.10. The Hall–Kier alpha value is -0.980. The zero-order valence-corrected chi connectivity index (χ0v) is 10.2. The highest BCUT2D eigenvalue weighted by molar-refractivity contribution is 7.91. The van der Waals surface area contributed by atoms with Gasteiger partial charge in [0.15, 0.2) is 9.84 Å². The van der Waals surface area contributed by atoms with E-state index in [-0.39, 0.29) is 6.04 Å². The number of aromatic nitrogens is 1. The molecule has 0 saturated carbocycles. The molecule has 0 spiro atoms. The van der Waals surface area contributed by atoms with Crippen molar-refractivity contribution in [3.8, 4) is 0 Å². The van der Waals surface area contributed by atoms with Crippen molar-refractivity contribution in [3.63, 3.8) is 0 Å². The molecule has 2 atom stereocenters. The second kappa shape index (κ2) is 5.38. The van der Waals surface area contributed by atoms with Gasteiger partial charge in [0.1, 0.15) is 0 Å². The molecule has 0 radical (unpaired) electrons. The molecular formula is C10H17N3O2S. The van der Waals surface area contributed by atoms with E-state index >= 15 is 0 Å². The lowest BCUT2D eigenvalue weighted by Crippen LogP contribution is -2.47. The average molecular weight is 243 g/mol. The van der Waals surface area contributed by atoms with Gasteiger partial charge in [0.2, 0.25) is 0 Å². The lowest BCUT2D eigenvalue weighted by Gasteiger charge is -2.21. The molecule has 0 aliphatic heterocycles. The predicted molar refractivity (Wildman–Crippen MR) is 63.4 cm³/mol. The van der Waals surface area contributed by atoms with Crippen LogP contribution in [0.15, 0.2) is 24.5 Å². The van der Waals surface area contributed by atoms with Crippen LogP contribution in [0.5, 0.6) is 0 Å². The van der Waals surface area contributed by atoms with Gasteiger partial charge in [0.25, 0.3) is 0 Å². The van der Waals surface area contributed by atoms with Crippen LogP contribution in [-0.4, -0.2) is 30.9 Å². The minimum absolute atomic E-state index is 0.306. The second-order valence-corrected chi connectivity index (χ2v) is 6.28. The Kier molecular flexibility index (Phi) is 4.40. The largest absolute Gasteiger partial charge is 0.271 e. The van der Waals surface area contributed by atoms with Crippen LogP contribution in [0, 0.1) is 0 Å². The number of pyridine rings is 1. The maximum absolute atomic E-state index is 11.4. The van der Waals surface area contributed by atoms with E-state index in [1.807, 2.05) is 12.1 Å². The van der Waals surface area contributed by atoms with Gasteiger partial charge in [-0.05, 0) is 25.0 Å². The smallest absolute Gasteiger partial charge is 0.151 e. The number of rotatable bonds is 5. The molecule has 16 heavy (non-hydrogen) atoms. The lowest BCUT2D eigenvalue weighted by molar-refractivity contribution is 0.493. The zero-order chi connectivity index (χ0) is 12.2. The van der Waals surface area contributed by atoms with Crippen molar-refractivity contribution < 1.29 is 8.42 Å². The molecule has 5 nitrogen and oxygen atoms in total. The van der Waals surface area contributed by atoms with Gasteiger partial charge < -0.3 is 0 Å². The van der Waals surface area contributed by atoms with Crippen molar-refractivity contribution in [2.24, 2.45) is 5.84 Å². The van der Waals surface area contributed by atoms with Gasteiger partial charge in [-0.1, -0.05) is 6.07 Å². The quantitative estimate of drug-likeness (QED) is 0.557. The summed E-state index contributed by atoms with van der Waals surface area (Å²) in [5.74, 6) is 5.38. The summed E-state index contributed by atoms with van der Waals surface area (Å²) >= 11 is 0. The van der Waals surface area contributed by atoms with Crippen molar-refractivity contribution in [3.05, 3.63) is 30.1 Å². The second-order valence-electron chi connectivity index (χ2n) is 3.87. The number of nitrogens with zero attached hydrogens (tertiary/aromatic N) is 1. The monoisotopic (exact) mass is 243 g/mol. The Morgan fingerprint density at radius 1 is 1.56 bits per heavy atom. The molecule has 1 aromatic rings. The van der Waals surface area contributed by atoms with Crippen LogP contribution in [0.4, 0.5) is 0 Å². The maximum atomic E-state index is 11.4. The number of hydrogen-bond acceptors (Lipinski definition) is 5. The molecule has 0 aliphatic rings. The topological polar surface area (TPSA) is 85.1 Å². The molecule has 90 valence electrons. The van der Waals surface area contributed by atoms with Crippen LogP contribution in [0.2, 0.25) is 0 Å². The molecule has 0 amide bonds. The summed E-state index contributed by atoms with van der Waals surface area (Å²) in [7, 11) is -3.10. The van der Waals surface area contributed by atoms with Gasteiger partial charge >= 0.3 is 0 Å². The number of nitrogens with one attached hydrogen (secondary N) is 1. The van der Waals surface area contributed by atoms with E-state index in [0.717, 1.165) is 5.56 Å². The summed E-state index contributed by atoms with van der Waals surface area (Å²) in [6.45, 7) is 1.65. The first-order chi connectivity index (χ1) is 7.45. The summed E-state index contributed by atoms with van der Waals surface area (Å²) in [4.78, 5) is 3.98. The molecule has 6 heteroatoms. The highest BCUT2D eigenvalue weighted by atomic mass is 32.2. The van der Waals surface area contributed by atoms with Crippen molar-refractivity contribution in [1.29, 1.82) is 0 Å². The fourth-order valence-electron chi connectivity index (χ4n) is 1.43. The molecule has 0 bridgehead atoms. The summed E-state index contributed by atoms with van der Waals surface area (Å²) in [6.07, 6.45) is 5.14. The maximum Gasteiger partial charge on any atom is 0.151 e. The Balaban J connectivity index is 2.77. The molecule has 2 unspecified atom stereocenters. The summed E-state index contributed by atoms with van der Waals surface area (Å²) in [5, 5.41) is -0.530. The van der Waals surface area contributed by atoms with Crippen LogP contribution in [0.25, 0.3) is 0 Å². The van der Waals surface area contributed by atoms with Crippen LogP contribution >= 0.6 is 0 Å². The number of hydrogen-bond donors (Lipinski definition) is 2. The summed E-state index contributed by atoms with van der Waals surface area (Å²) in [6, 6.07) is 3.40. The van der Waals surface area contributed by atoms with Crippen molar-refractivity contribution in [1.82, 2.24) is 10.4 Å². The van der Waals surface area contributed by atoms with Gasteiger partial charge in [-0.25, -0.2) is 8.42 Å². The molecule has 0 aromatic carbocycles. The van der Waals surface area contributed by atoms with Gasteiger partial charge in [-0.3, -0.25) is 16.3 Å². The fourth-order valence-corrected chi connectivity index (χ4v) is 2.20. The number of nitrogens with two attached hydrogens (primary N) is 1. The van der Waals surface area contributed by atoms with Gasteiger partial charge in [-0.2, -0.15) is 0 Å². The first kappa shape index (κ1) is 13.1. The molecule has 1 heterocycles.